The molecule has 0 saturated carbocycles. The number of nitrogens with one attached hydrogen (secondary N) is 1. The van der Waals surface area contributed by atoms with Crippen molar-refractivity contribution in [2.75, 3.05) is 25.5 Å². The van der Waals surface area contributed by atoms with E-state index in [1.165, 1.54) is 44.0 Å². The van der Waals surface area contributed by atoms with Crippen LogP contribution in [0.5, 0.6) is 5.75 Å². The number of hydrogen-bond acceptors (Lipinski definition) is 3. The van der Waals surface area contributed by atoms with Gasteiger partial charge in [-0.2, -0.15) is 13.2 Å². The third-order valence-electron chi connectivity index (χ3n) is 2.49. The van der Waals surface area contributed by atoms with E-state index in [1.54, 1.807) is 6.07 Å². The van der Waals surface area contributed by atoms with Crippen molar-refractivity contribution >= 4 is 11.7 Å². The van der Waals surface area contributed by atoms with Crippen molar-refractivity contribution in [3.05, 3.63) is 24.3 Å². The number of benzene rings is 1. The quantitative estimate of drug-likeness (QED) is 0.877. The minimum Gasteiger partial charge on any atom is -0.482 e. The van der Waals surface area contributed by atoms with Crippen LogP contribution in [-0.2, 0) is 0 Å². The summed E-state index contributed by atoms with van der Waals surface area (Å²) in [6, 6.07) is 5.26. The molecule has 0 atom stereocenters. The van der Waals surface area contributed by atoms with Gasteiger partial charge in [-0.1, -0.05) is 12.1 Å². The number of amides is 2. The molecule has 0 aliphatic heterocycles. The van der Waals surface area contributed by atoms with Gasteiger partial charge in [-0.25, -0.2) is 4.79 Å². The lowest BCUT2D eigenvalue weighted by molar-refractivity contribution is -0.153. The molecule has 0 fully saturated rings. The number of nitrogens with zero attached hydrogens (tertiary/aromatic N) is 1. The second-order valence-electron chi connectivity index (χ2n) is 5.50. The highest BCUT2D eigenvalue weighted by Crippen LogP contribution is 2.26. The highest BCUT2D eigenvalue weighted by molar-refractivity contribution is 5.90. The number of anilines is 1. The highest BCUT2D eigenvalue weighted by atomic mass is 19.4. The summed E-state index contributed by atoms with van der Waals surface area (Å²) < 4.78 is 41.3. The summed E-state index contributed by atoms with van der Waals surface area (Å²) in [7, 11) is 1.46. The van der Waals surface area contributed by atoms with Crippen LogP contribution in [-0.4, -0.2) is 48.0 Å². The SMILES string of the molecule is CN(CC(C)(C)O)C(=O)Nc1ccccc1OCC(F)(F)F. The van der Waals surface area contributed by atoms with Crippen molar-refractivity contribution in [1.29, 1.82) is 0 Å². The zero-order chi connectivity index (χ0) is 17.0. The lowest BCUT2D eigenvalue weighted by atomic mass is 10.1. The van der Waals surface area contributed by atoms with E-state index in [0.29, 0.717) is 0 Å². The Kier molecular flexibility index (Phi) is 5.65. The smallest absolute Gasteiger partial charge is 0.422 e. The number of ether oxygens (including phenoxy) is 1. The molecule has 2 N–H and O–H groups in total. The van der Waals surface area contributed by atoms with Crippen molar-refractivity contribution in [1.82, 2.24) is 4.90 Å². The Labute approximate surface area is 126 Å². The van der Waals surface area contributed by atoms with Gasteiger partial charge < -0.3 is 20.1 Å². The molecule has 22 heavy (non-hydrogen) atoms. The maximum atomic E-state index is 12.2. The zero-order valence-corrected chi connectivity index (χ0v) is 12.6. The van der Waals surface area contributed by atoms with E-state index in [1.807, 2.05) is 0 Å². The Bertz CT molecular complexity index is 513. The molecule has 8 heteroatoms. The minimum atomic E-state index is -4.46. The molecule has 0 aromatic heterocycles. The average Bonchev–Trinajstić information content (AvgIpc) is 2.34. The van der Waals surface area contributed by atoms with Gasteiger partial charge >= 0.3 is 12.2 Å². The Balaban J connectivity index is 2.75. The Morgan fingerprint density at radius 2 is 1.91 bits per heavy atom. The molecule has 0 heterocycles. The maximum absolute atomic E-state index is 12.2. The van der Waals surface area contributed by atoms with Crippen LogP contribution in [0.4, 0.5) is 23.7 Å². The van der Waals surface area contributed by atoms with Crippen LogP contribution < -0.4 is 10.1 Å². The fourth-order valence-electron chi connectivity index (χ4n) is 1.72. The summed E-state index contributed by atoms with van der Waals surface area (Å²) in [5.41, 5.74) is -0.961. The van der Waals surface area contributed by atoms with Gasteiger partial charge in [0, 0.05) is 7.05 Å². The van der Waals surface area contributed by atoms with Gasteiger partial charge in [-0.15, -0.1) is 0 Å². The molecule has 0 spiro atoms. The normalized spacial score (nSPS) is 12.0. The zero-order valence-electron chi connectivity index (χ0n) is 12.6. The number of carbonyl (C=O) groups is 1. The molecule has 1 rings (SSSR count). The minimum absolute atomic E-state index is 0.0599. The number of halogens is 3. The van der Waals surface area contributed by atoms with Crippen molar-refractivity contribution in [3.63, 3.8) is 0 Å². The van der Waals surface area contributed by atoms with E-state index in [-0.39, 0.29) is 18.0 Å². The number of rotatable bonds is 5. The monoisotopic (exact) mass is 320 g/mol. The predicted molar refractivity (Wildman–Crippen MR) is 75.9 cm³/mol. The van der Waals surface area contributed by atoms with Crippen molar-refractivity contribution in [2.45, 2.75) is 25.6 Å². The van der Waals surface area contributed by atoms with E-state index in [0.717, 1.165) is 0 Å². The predicted octanol–water partition coefficient (Wildman–Crippen LogP) is 2.86. The molecule has 0 aliphatic carbocycles. The van der Waals surface area contributed by atoms with Crippen molar-refractivity contribution in [3.8, 4) is 5.75 Å². The van der Waals surface area contributed by atoms with Crippen molar-refractivity contribution in [2.24, 2.45) is 0 Å². The lowest BCUT2D eigenvalue weighted by Gasteiger charge is -2.26. The molecule has 1 aromatic rings. The maximum Gasteiger partial charge on any atom is 0.422 e. The molecule has 0 bridgehead atoms. The van der Waals surface area contributed by atoms with E-state index in [2.05, 4.69) is 10.1 Å². The van der Waals surface area contributed by atoms with Crippen LogP contribution in [0.1, 0.15) is 13.8 Å². The standard InChI is InChI=1S/C14H19F3N2O3/c1-13(2,21)8-19(3)12(20)18-10-6-4-5-7-11(10)22-9-14(15,16)17/h4-7,21H,8-9H2,1-3H3,(H,18,20). The summed E-state index contributed by atoms with van der Waals surface area (Å²) in [4.78, 5) is 13.2. The highest BCUT2D eigenvalue weighted by Gasteiger charge is 2.29. The van der Waals surface area contributed by atoms with Crippen LogP contribution in [0.3, 0.4) is 0 Å². The Morgan fingerprint density at radius 1 is 1.32 bits per heavy atom. The second kappa shape index (κ2) is 6.87. The largest absolute Gasteiger partial charge is 0.482 e. The van der Waals surface area contributed by atoms with Gasteiger partial charge in [0.15, 0.2) is 6.61 Å². The number of urea groups is 1. The first-order valence-electron chi connectivity index (χ1n) is 6.51. The van der Waals surface area contributed by atoms with Crippen LogP contribution in [0.15, 0.2) is 24.3 Å². The van der Waals surface area contributed by atoms with Crippen LogP contribution in [0.2, 0.25) is 0 Å². The summed E-state index contributed by atoms with van der Waals surface area (Å²) in [6.45, 7) is 1.69. The third kappa shape index (κ3) is 6.66. The molecule has 0 saturated heterocycles. The van der Waals surface area contributed by atoms with Gasteiger partial charge in [0.25, 0.3) is 0 Å². The molecule has 1 aromatic carbocycles. The molecule has 0 unspecified atom stereocenters. The first kappa shape index (κ1) is 18.1. The fourth-order valence-corrected chi connectivity index (χ4v) is 1.72. The molecular weight excluding hydrogens is 301 g/mol. The molecule has 0 radical (unpaired) electrons. The second-order valence-corrected chi connectivity index (χ2v) is 5.50. The van der Waals surface area contributed by atoms with Crippen LogP contribution in [0, 0.1) is 0 Å². The molecule has 124 valence electrons. The van der Waals surface area contributed by atoms with Gasteiger partial charge in [-0.3, -0.25) is 0 Å². The summed E-state index contributed by atoms with van der Waals surface area (Å²) in [6.07, 6.45) is -4.46. The van der Waals surface area contributed by atoms with Gasteiger partial charge in [-0.05, 0) is 26.0 Å². The first-order chi connectivity index (χ1) is 9.98. The fraction of sp³-hybridized carbons (Fsp3) is 0.500. The van der Waals surface area contributed by atoms with Crippen LogP contribution >= 0.6 is 0 Å². The van der Waals surface area contributed by atoms with Gasteiger partial charge in [0.2, 0.25) is 0 Å². The van der Waals surface area contributed by atoms with Gasteiger partial charge in [0.1, 0.15) is 5.75 Å². The number of aliphatic hydroxyl groups is 1. The van der Waals surface area contributed by atoms with E-state index < -0.39 is 24.4 Å². The average molecular weight is 320 g/mol. The number of hydrogen-bond donors (Lipinski definition) is 2. The van der Waals surface area contributed by atoms with E-state index >= 15 is 0 Å². The number of alkyl halides is 3. The topological polar surface area (TPSA) is 61.8 Å². The Morgan fingerprint density at radius 3 is 2.45 bits per heavy atom. The number of carbonyl (C=O) groups excluding carboxylic acids is 1. The van der Waals surface area contributed by atoms with E-state index in [4.69, 9.17) is 0 Å². The van der Waals surface area contributed by atoms with Crippen LogP contribution in [0.25, 0.3) is 0 Å². The number of likely N-dealkylation sites (N-methyl/N-ethyl adjacent to an activating group) is 1. The van der Waals surface area contributed by atoms with Crippen molar-refractivity contribution < 1.29 is 27.8 Å². The number of para-hydroxylation sites is 2. The molecular formula is C14H19F3N2O3. The summed E-state index contributed by atoms with van der Waals surface area (Å²) in [5.74, 6) is -0.0789. The summed E-state index contributed by atoms with van der Waals surface area (Å²) in [5, 5.41) is 12.1. The summed E-state index contributed by atoms with van der Waals surface area (Å²) >= 11 is 0. The third-order valence-corrected chi connectivity index (χ3v) is 2.49. The Hall–Kier alpha value is -1.96. The molecule has 5 nitrogen and oxygen atoms in total. The first-order valence-corrected chi connectivity index (χ1v) is 6.51. The van der Waals surface area contributed by atoms with Gasteiger partial charge in [0.05, 0.1) is 17.8 Å². The van der Waals surface area contributed by atoms with E-state index in [9.17, 15) is 23.1 Å². The lowest BCUT2D eigenvalue weighted by Crippen LogP contribution is -2.41. The molecule has 2 amide bonds. The molecule has 0 aliphatic rings.